The van der Waals surface area contributed by atoms with Gasteiger partial charge in [0.05, 0.1) is 17.6 Å². The zero-order valence-corrected chi connectivity index (χ0v) is 36.3. The highest BCUT2D eigenvalue weighted by Gasteiger charge is 2.49. The van der Waals surface area contributed by atoms with Gasteiger partial charge < -0.3 is 29.1 Å². The van der Waals surface area contributed by atoms with E-state index in [9.17, 15) is 23.7 Å². The minimum absolute atomic E-state index is 0.000577. The lowest BCUT2D eigenvalue weighted by Gasteiger charge is -2.43. The average molecular weight is 862 g/mol. The number of pyridine rings is 1. The van der Waals surface area contributed by atoms with E-state index >= 15 is 4.39 Å². The molecule has 3 aliphatic rings. The van der Waals surface area contributed by atoms with Gasteiger partial charge in [-0.1, -0.05) is 38.1 Å². The number of halogens is 1. The first-order valence-corrected chi connectivity index (χ1v) is 23.2. The number of esters is 1. The van der Waals surface area contributed by atoms with E-state index in [1.54, 1.807) is 64.7 Å². The summed E-state index contributed by atoms with van der Waals surface area (Å²) in [4.78, 5) is 62.9. The Bertz CT molecular complexity index is 2250. The fourth-order valence-corrected chi connectivity index (χ4v) is 11.2. The second-order valence-electron chi connectivity index (χ2n) is 16.4. The van der Waals surface area contributed by atoms with E-state index in [1.165, 1.54) is 30.4 Å². The van der Waals surface area contributed by atoms with Crippen molar-refractivity contribution in [3.63, 3.8) is 0 Å². The molecule has 7 atom stereocenters. The van der Waals surface area contributed by atoms with Gasteiger partial charge in [-0.3, -0.25) is 28.7 Å². The number of thiophene rings is 1. The van der Waals surface area contributed by atoms with Crippen LogP contribution in [0.1, 0.15) is 99.4 Å². The minimum Gasteiger partial charge on any atom is -0.491 e. The second-order valence-corrected chi connectivity index (χ2v) is 19.6. The Kier molecular flexibility index (Phi) is 13.3. The number of hydrogen-bond donors (Lipinski definition) is 2. The quantitative estimate of drug-likeness (QED) is 0.0895. The van der Waals surface area contributed by atoms with Crippen molar-refractivity contribution >= 4 is 52.6 Å². The number of alkyl halides is 1. The molecule has 16 heteroatoms. The molecule has 13 nitrogen and oxygen atoms in total. The van der Waals surface area contributed by atoms with E-state index in [2.05, 4.69) is 22.3 Å². The number of hydrogen-bond acceptors (Lipinski definition) is 10. The molecule has 60 heavy (non-hydrogen) atoms. The number of nitrogens with one attached hydrogen (secondary N) is 2. The Morgan fingerprint density at radius 2 is 1.80 bits per heavy atom. The number of aromatic nitrogens is 1. The molecule has 0 radical (unpaired) electrons. The van der Waals surface area contributed by atoms with Crippen LogP contribution in [0.25, 0.3) is 10.1 Å². The maximum Gasteiger partial charge on any atom is 0.355 e. The first-order chi connectivity index (χ1) is 28.7. The van der Waals surface area contributed by atoms with Crippen LogP contribution in [0, 0.1) is 5.92 Å². The number of ether oxygens (including phenoxy) is 2. The van der Waals surface area contributed by atoms with Crippen LogP contribution in [0.3, 0.4) is 0 Å². The Labute approximate surface area is 353 Å². The van der Waals surface area contributed by atoms with Gasteiger partial charge in [-0.15, -0.1) is 11.3 Å². The highest BCUT2D eigenvalue weighted by atomic mass is 32.1. The Balaban J connectivity index is 1.04. The smallest absolute Gasteiger partial charge is 0.355 e. The number of fused-ring (bicyclic) bond motifs is 2. The van der Waals surface area contributed by atoms with Gasteiger partial charge in [0, 0.05) is 47.7 Å². The van der Waals surface area contributed by atoms with Crippen LogP contribution in [0.5, 0.6) is 11.5 Å². The van der Waals surface area contributed by atoms with E-state index in [1.807, 2.05) is 26.8 Å². The second kappa shape index (κ2) is 18.4. The summed E-state index contributed by atoms with van der Waals surface area (Å²) in [7, 11) is -4.45. The highest BCUT2D eigenvalue weighted by Crippen LogP contribution is 2.58. The normalized spacial score (nSPS) is 22.6. The summed E-state index contributed by atoms with van der Waals surface area (Å²) in [5, 5.41) is 6.09. The lowest BCUT2D eigenvalue weighted by molar-refractivity contribution is -0.148. The first-order valence-electron chi connectivity index (χ1n) is 20.7. The van der Waals surface area contributed by atoms with Crippen LogP contribution in [-0.4, -0.2) is 88.4 Å². The molecule has 5 heterocycles. The molecule has 7 rings (SSSR count). The Morgan fingerprint density at radius 3 is 2.53 bits per heavy atom. The van der Waals surface area contributed by atoms with Gasteiger partial charge in [-0.05, 0) is 106 Å². The summed E-state index contributed by atoms with van der Waals surface area (Å²) >= 11 is 1.18. The van der Waals surface area contributed by atoms with Crippen molar-refractivity contribution in [1.82, 2.24) is 25.2 Å². The molecular weight excluding hydrogens is 809 g/mol. The predicted molar refractivity (Wildman–Crippen MR) is 227 cm³/mol. The molecule has 2 N–H and O–H groups in total. The Hall–Kier alpha value is -4.85. The van der Waals surface area contributed by atoms with Crippen molar-refractivity contribution in [3.8, 4) is 11.5 Å². The minimum atomic E-state index is -4.45. The third-order valence-electron chi connectivity index (χ3n) is 11.3. The van der Waals surface area contributed by atoms with Gasteiger partial charge in [0.2, 0.25) is 17.7 Å². The predicted octanol–water partition coefficient (Wildman–Crippen LogP) is 7.77. The van der Waals surface area contributed by atoms with E-state index in [-0.39, 0.29) is 53.7 Å². The number of amides is 3. The summed E-state index contributed by atoms with van der Waals surface area (Å²) in [6.45, 7) is 10.5. The summed E-state index contributed by atoms with van der Waals surface area (Å²) < 4.78 is 48.5. The van der Waals surface area contributed by atoms with E-state index in [0.717, 1.165) is 17.7 Å². The van der Waals surface area contributed by atoms with E-state index in [0.29, 0.717) is 53.7 Å². The molecule has 2 aromatic heterocycles. The van der Waals surface area contributed by atoms with Crippen LogP contribution in [-0.2, 0) is 23.7 Å². The fraction of sp³-hybridized carbons (Fsp3) is 0.477. The van der Waals surface area contributed by atoms with Crippen molar-refractivity contribution in [3.05, 3.63) is 89.1 Å². The van der Waals surface area contributed by atoms with Gasteiger partial charge >= 0.3 is 13.5 Å². The molecule has 0 saturated carbocycles. The van der Waals surface area contributed by atoms with Crippen LogP contribution < -0.4 is 19.7 Å². The SMILES string of the molecule is CCCOC(=O)[C@H](C)N[P@@](=O)(Oc1ccccc1)[C@@H](F)c1ccc2sc(C(=O)N[C@H]3C[C@@H](C)C[C@H]4CC[C@@H](C(=O)N5CC(c6cnccc6OC(C)C)C5)N4C3=O)cc2c1. The van der Waals surface area contributed by atoms with Gasteiger partial charge in [-0.25, -0.2) is 9.48 Å². The van der Waals surface area contributed by atoms with Crippen molar-refractivity contribution in [2.45, 2.75) is 109 Å². The molecular formula is C44H53FN5O8PS. The molecule has 0 unspecified atom stereocenters. The topological polar surface area (TPSA) is 156 Å². The van der Waals surface area contributed by atoms with Crippen LogP contribution >= 0.6 is 18.9 Å². The number of likely N-dealkylation sites (tertiary alicyclic amines) is 1. The lowest BCUT2D eigenvalue weighted by atomic mass is 9.91. The van der Waals surface area contributed by atoms with Crippen LogP contribution in [0.2, 0.25) is 0 Å². The maximum atomic E-state index is 16.5. The van der Waals surface area contributed by atoms with E-state index < -0.39 is 43.4 Å². The third kappa shape index (κ3) is 9.38. The summed E-state index contributed by atoms with van der Waals surface area (Å²) in [6, 6.07) is 13.6. The molecule has 4 aromatic rings. The maximum absolute atomic E-state index is 16.5. The number of nitrogens with zero attached hydrogens (tertiary/aromatic N) is 3. The van der Waals surface area contributed by atoms with Crippen molar-refractivity contribution in [1.29, 1.82) is 0 Å². The van der Waals surface area contributed by atoms with Gasteiger partial charge in [-0.2, -0.15) is 0 Å². The molecule has 0 spiro atoms. The molecule has 3 amide bonds. The van der Waals surface area contributed by atoms with Crippen LogP contribution in [0.15, 0.2) is 73.1 Å². The molecule has 3 aliphatic heterocycles. The fourth-order valence-electron chi connectivity index (χ4n) is 8.36. The number of benzene rings is 2. The van der Waals surface area contributed by atoms with Gasteiger partial charge in [0.1, 0.15) is 29.6 Å². The lowest BCUT2D eigenvalue weighted by Crippen LogP contribution is -2.58. The number of rotatable bonds is 15. The van der Waals surface area contributed by atoms with Crippen molar-refractivity contribution in [2.75, 3.05) is 19.7 Å². The molecule has 0 bridgehead atoms. The standard InChI is InChI=1S/C44H53FN5O8PS/c1-6-18-56-44(54)28(5)48-59(55,58-33-10-8-7-9-11-33)40(45)29-12-15-38-30(21-29)22-39(60-38)41(51)47-35-20-27(4)19-32-13-14-36(50(32)42(35)52)43(53)49-24-31(25-49)34-23-46-17-16-37(34)57-26(2)3/h7-12,15-17,21-23,26-28,31-32,35-36,40H,6,13-14,18-20,24-25H2,1-5H3,(H,47,51)(H,48,55)/t27-,28-,32+,35-,36-,40+,59-/m0/s1. The number of carbonyl (C=O) groups excluding carboxylic acids is 4. The molecule has 3 saturated heterocycles. The number of para-hydroxylation sites is 1. The van der Waals surface area contributed by atoms with Gasteiger partial charge in [0.15, 0.2) is 0 Å². The zero-order chi connectivity index (χ0) is 42.7. The summed E-state index contributed by atoms with van der Waals surface area (Å²) in [5.41, 5.74) is 0.990. The molecule has 320 valence electrons. The summed E-state index contributed by atoms with van der Waals surface area (Å²) in [5.74, 6) is -2.56. The van der Waals surface area contributed by atoms with Crippen molar-refractivity contribution in [2.24, 2.45) is 5.92 Å². The first kappa shape index (κ1) is 43.2. The average Bonchev–Trinajstić information content (AvgIpc) is 3.80. The van der Waals surface area contributed by atoms with E-state index in [4.69, 9.17) is 14.0 Å². The van der Waals surface area contributed by atoms with Gasteiger partial charge in [0.25, 0.3) is 5.91 Å². The molecule has 0 aliphatic carbocycles. The third-order valence-corrected chi connectivity index (χ3v) is 14.5. The largest absolute Gasteiger partial charge is 0.491 e. The Morgan fingerprint density at radius 1 is 1.03 bits per heavy atom. The van der Waals surface area contributed by atoms with Crippen LogP contribution in [0.4, 0.5) is 4.39 Å². The zero-order valence-electron chi connectivity index (χ0n) is 34.5. The highest BCUT2D eigenvalue weighted by molar-refractivity contribution is 7.57. The molecule has 3 fully saturated rings. The monoisotopic (exact) mass is 861 g/mol. The summed E-state index contributed by atoms with van der Waals surface area (Å²) in [6.07, 6.45) is 6.52. The molecule has 2 aromatic carbocycles. The number of carbonyl (C=O) groups is 4. The van der Waals surface area contributed by atoms with Crippen molar-refractivity contribution < 1.29 is 42.1 Å².